The van der Waals surface area contributed by atoms with Gasteiger partial charge in [0.15, 0.2) is 5.41 Å². The van der Waals surface area contributed by atoms with Crippen molar-refractivity contribution in [1.82, 2.24) is 0 Å². The Balaban J connectivity index is 2.15. The normalized spacial score (nSPS) is 20.8. The lowest BCUT2D eigenvalue weighted by atomic mass is 9.74. The number of rotatable bonds is 5. The van der Waals surface area contributed by atoms with Crippen molar-refractivity contribution in [2.75, 3.05) is 14.2 Å². The maximum atomic E-state index is 12.7. The zero-order valence-corrected chi connectivity index (χ0v) is 17.6. The highest BCUT2D eigenvalue weighted by molar-refractivity contribution is 6.02. The first-order valence-corrected chi connectivity index (χ1v) is 10.1. The highest BCUT2D eigenvalue weighted by Crippen LogP contribution is 2.55. The molecule has 0 amide bonds. The molecule has 0 aliphatic heterocycles. The third-order valence-electron chi connectivity index (χ3n) is 6.45. The lowest BCUT2D eigenvalue weighted by Gasteiger charge is -2.30. The first kappa shape index (κ1) is 20.4. The first-order chi connectivity index (χ1) is 13.4. The van der Waals surface area contributed by atoms with Gasteiger partial charge in [0, 0.05) is 5.92 Å². The van der Waals surface area contributed by atoms with E-state index in [-0.39, 0.29) is 0 Å². The van der Waals surface area contributed by atoms with Crippen LogP contribution in [0.4, 0.5) is 0 Å². The monoisotopic (exact) mass is 382 g/mol. The van der Waals surface area contributed by atoms with Gasteiger partial charge in [0.2, 0.25) is 0 Å². The van der Waals surface area contributed by atoms with Crippen molar-refractivity contribution in [2.45, 2.75) is 58.8 Å². The van der Waals surface area contributed by atoms with Crippen LogP contribution in [0.25, 0.3) is 0 Å². The van der Waals surface area contributed by atoms with Crippen LogP contribution in [0.1, 0.15) is 63.0 Å². The second-order valence-electron chi connectivity index (χ2n) is 7.88. The predicted molar refractivity (Wildman–Crippen MR) is 109 cm³/mol. The van der Waals surface area contributed by atoms with Gasteiger partial charge in [-0.2, -0.15) is 0 Å². The summed E-state index contributed by atoms with van der Waals surface area (Å²) in [6.45, 7) is 6.41. The van der Waals surface area contributed by atoms with Crippen molar-refractivity contribution in [3.63, 3.8) is 0 Å². The largest absolute Gasteiger partial charge is 0.468 e. The molecule has 150 valence electrons. The van der Waals surface area contributed by atoms with E-state index in [1.165, 1.54) is 47.6 Å². The van der Waals surface area contributed by atoms with E-state index in [2.05, 4.69) is 45.0 Å². The average Bonchev–Trinajstić information content (AvgIpc) is 3.13. The van der Waals surface area contributed by atoms with E-state index in [0.29, 0.717) is 18.8 Å². The summed E-state index contributed by atoms with van der Waals surface area (Å²) >= 11 is 0. The summed E-state index contributed by atoms with van der Waals surface area (Å²) in [6, 6.07) is 8.72. The lowest BCUT2D eigenvalue weighted by molar-refractivity contribution is -0.168. The van der Waals surface area contributed by atoms with Gasteiger partial charge < -0.3 is 9.47 Å². The van der Waals surface area contributed by atoms with Crippen molar-refractivity contribution in [3.8, 4) is 0 Å². The van der Waals surface area contributed by atoms with Gasteiger partial charge in [-0.15, -0.1) is 0 Å². The number of esters is 2. The Morgan fingerprint density at radius 3 is 2.04 bits per heavy atom. The summed E-state index contributed by atoms with van der Waals surface area (Å²) in [5.41, 5.74) is 6.32. The standard InChI is InChI=1S/C24H30O4/c1-6-16-12-19(17-10-8-15(3)9-11-17)18(7-2)21-14-24(13-20(16)21,22(25)27-4)23(26)28-5/h8-11,19H,6-7,12-14H2,1-5H3. The van der Waals surface area contributed by atoms with E-state index in [9.17, 15) is 9.59 Å². The van der Waals surface area contributed by atoms with Crippen LogP contribution in [-0.4, -0.2) is 26.2 Å². The van der Waals surface area contributed by atoms with Crippen molar-refractivity contribution in [3.05, 3.63) is 57.7 Å². The zero-order chi connectivity index (χ0) is 20.5. The number of carbonyl (C=O) groups is 2. The molecule has 1 aromatic rings. The van der Waals surface area contributed by atoms with Crippen LogP contribution in [0.5, 0.6) is 0 Å². The zero-order valence-electron chi connectivity index (χ0n) is 17.6. The van der Waals surface area contributed by atoms with Gasteiger partial charge >= 0.3 is 11.9 Å². The van der Waals surface area contributed by atoms with Crippen molar-refractivity contribution in [2.24, 2.45) is 5.41 Å². The van der Waals surface area contributed by atoms with Gasteiger partial charge in [-0.3, -0.25) is 9.59 Å². The van der Waals surface area contributed by atoms with Gasteiger partial charge in [-0.1, -0.05) is 54.8 Å². The van der Waals surface area contributed by atoms with E-state index < -0.39 is 17.4 Å². The highest BCUT2D eigenvalue weighted by atomic mass is 16.5. The summed E-state index contributed by atoms with van der Waals surface area (Å²) in [7, 11) is 2.68. The number of methoxy groups -OCH3 is 2. The van der Waals surface area contributed by atoms with Crippen LogP contribution >= 0.6 is 0 Å². The summed E-state index contributed by atoms with van der Waals surface area (Å²) in [5.74, 6) is -0.691. The molecule has 4 nitrogen and oxygen atoms in total. The summed E-state index contributed by atoms with van der Waals surface area (Å²) in [4.78, 5) is 25.4. The number of ether oxygens (including phenoxy) is 2. The van der Waals surface area contributed by atoms with E-state index in [1.807, 2.05) is 0 Å². The van der Waals surface area contributed by atoms with Gasteiger partial charge in [0.1, 0.15) is 0 Å². The average molecular weight is 383 g/mol. The maximum absolute atomic E-state index is 12.7. The second kappa shape index (κ2) is 7.94. The molecule has 0 spiro atoms. The molecule has 1 atom stereocenters. The number of allylic oxidation sites excluding steroid dienone is 4. The molecule has 28 heavy (non-hydrogen) atoms. The predicted octanol–water partition coefficient (Wildman–Crippen LogP) is 5.02. The molecule has 2 aliphatic carbocycles. The Bertz CT molecular complexity index is 826. The smallest absolute Gasteiger partial charge is 0.323 e. The molecule has 0 heterocycles. The Morgan fingerprint density at radius 1 is 0.964 bits per heavy atom. The molecular formula is C24H30O4. The molecule has 0 aromatic heterocycles. The van der Waals surface area contributed by atoms with E-state index in [1.54, 1.807) is 0 Å². The van der Waals surface area contributed by atoms with Crippen molar-refractivity contribution in [1.29, 1.82) is 0 Å². The van der Waals surface area contributed by atoms with Crippen LogP contribution < -0.4 is 0 Å². The van der Waals surface area contributed by atoms with Crippen LogP contribution in [-0.2, 0) is 19.1 Å². The fourth-order valence-electron chi connectivity index (χ4n) is 4.93. The molecule has 0 bridgehead atoms. The molecule has 0 saturated heterocycles. The van der Waals surface area contributed by atoms with Gasteiger partial charge in [-0.05, 0) is 55.7 Å². The fourth-order valence-corrected chi connectivity index (χ4v) is 4.93. The number of fused-ring (bicyclic) bond motifs is 1. The molecule has 1 unspecified atom stereocenters. The van der Waals surface area contributed by atoms with Crippen molar-refractivity contribution >= 4 is 11.9 Å². The molecule has 0 radical (unpaired) electrons. The Morgan fingerprint density at radius 2 is 1.54 bits per heavy atom. The molecular weight excluding hydrogens is 352 g/mol. The summed E-state index contributed by atoms with van der Waals surface area (Å²) in [6.07, 6.45) is 3.51. The Kier molecular flexibility index (Phi) is 5.78. The number of carbonyl (C=O) groups excluding carboxylic acids is 2. The third kappa shape index (κ3) is 3.19. The second-order valence-corrected chi connectivity index (χ2v) is 7.88. The third-order valence-corrected chi connectivity index (χ3v) is 6.45. The van der Waals surface area contributed by atoms with Crippen LogP contribution in [0.15, 0.2) is 46.6 Å². The summed E-state index contributed by atoms with van der Waals surface area (Å²) in [5, 5.41) is 0. The van der Waals surface area contributed by atoms with E-state index in [0.717, 1.165) is 19.3 Å². The minimum absolute atomic E-state index is 0.297. The number of hydrogen-bond donors (Lipinski definition) is 0. The topological polar surface area (TPSA) is 52.6 Å². The van der Waals surface area contributed by atoms with Gasteiger partial charge in [0.25, 0.3) is 0 Å². The molecule has 4 heteroatoms. The molecule has 2 aliphatic rings. The van der Waals surface area contributed by atoms with Gasteiger partial charge in [0.05, 0.1) is 14.2 Å². The van der Waals surface area contributed by atoms with Gasteiger partial charge in [-0.25, -0.2) is 0 Å². The van der Waals surface area contributed by atoms with Crippen LogP contribution in [0.2, 0.25) is 0 Å². The first-order valence-electron chi connectivity index (χ1n) is 10.1. The fraction of sp³-hybridized carbons (Fsp3) is 0.500. The SMILES string of the molecule is CCC1=C2CC(C(=O)OC)(C(=O)OC)CC2=C(CC)C(c2ccc(C)cc2)C1. The number of aryl methyl sites for hydroxylation is 1. The minimum Gasteiger partial charge on any atom is -0.468 e. The quantitative estimate of drug-likeness (QED) is 0.530. The summed E-state index contributed by atoms with van der Waals surface area (Å²) < 4.78 is 10.1. The van der Waals surface area contributed by atoms with Crippen LogP contribution in [0.3, 0.4) is 0 Å². The number of hydrogen-bond acceptors (Lipinski definition) is 4. The Hall–Kier alpha value is -2.36. The molecule has 1 aromatic carbocycles. The number of benzene rings is 1. The molecule has 1 saturated carbocycles. The molecule has 0 N–H and O–H groups in total. The molecule has 3 rings (SSSR count). The lowest BCUT2D eigenvalue weighted by Crippen LogP contribution is -2.38. The minimum atomic E-state index is -1.25. The Labute approximate surface area is 167 Å². The van der Waals surface area contributed by atoms with E-state index in [4.69, 9.17) is 9.47 Å². The van der Waals surface area contributed by atoms with Crippen molar-refractivity contribution < 1.29 is 19.1 Å². The maximum Gasteiger partial charge on any atom is 0.323 e. The molecule has 1 fully saturated rings. The highest BCUT2D eigenvalue weighted by Gasteiger charge is 2.55. The van der Waals surface area contributed by atoms with E-state index >= 15 is 0 Å². The van der Waals surface area contributed by atoms with Crippen LogP contribution in [0, 0.1) is 12.3 Å².